The summed E-state index contributed by atoms with van der Waals surface area (Å²) in [5.41, 5.74) is 7.42. The molecule has 4 rings (SSSR count). The molecule has 0 aliphatic carbocycles. The van der Waals surface area contributed by atoms with E-state index >= 15 is 0 Å². The molecule has 2 amide bonds. The second-order valence-corrected chi connectivity index (χ2v) is 8.44. The van der Waals surface area contributed by atoms with Gasteiger partial charge in [-0.15, -0.1) is 0 Å². The number of thioether (sulfide) groups is 1. The molecule has 0 fully saturated rings. The van der Waals surface area contributed by atoms with Gasteiger partial charge in [0.15, 0.2) is 0 Å². The van der Waals surface area contributed by atoms with E-state index < -0.39 is 0 Å². The van der Waals surface area contributed by atoms with Crippen LogP contribution in [-0.4, -0.2) is 31.2 Å². The van der Waals surface area contributed by atoms with E-state index in [-0.39, 0.29) is 18.4 Å². The van der Waals surface area contributed by atoms with Gasteiger partial charge in [0.25, 0.3) is 5.91 Å². The summed E-state index contributed by atoms with van der Waals surface area (Å²) in [5, 5.41) is 10.4. The third-order valence-electron chi connectivity index (χ3n) is 4.94. The lowest BCUT2D eigenvalue weighted by Gasteiger charge is -2.22. The molecule has 0 radical (unpaired) electrons. The van der Waals surface area contributed by atoms with Crippen LogP contribution in [-0.2, 0) is 14.3 Å². The number of methoxy groups -OCH3 is 1. The van der Waals surface area contributed by atoms with Crippen LogP contribution < -0.4 is 16.1 Å². The molecule has 2 aromatic rings. The van der Waals surface area contributed by atoms with Crippen LogP contribution in [0.25, 0.3) is 4.91 Å². The van der Waals surface area contributed by atoms with Crippen molar-refractivity contribution in [2.24, 2.45) is 5.10 Å². The van der Waals surface area contributed by atoms with Crippen molar-refractivity contribution in [2.75, 3.05) is 24.4 Å². The number of para-hydroxylation sites is 1. The van der Waals surface area contributed by atoms with E-state index in [1.54, 1.807) is 11.8 Å². The van der Waals surface area contributed by atoms with Crippen molar-refractivity contribution in [3.63, 3.8) is 0 Å². The predicted molar refractivity (Wildman–Crippen MR) is 128 cm³/mol. The zero-order valence-corrected chi connectivity index (χ0v) is 18.7. The number of anilines is 2. The number of hydrazone groups is 1. The number of ether oxygens (including phenoxy) is 1. The summed E-state index contributed by atoms with van der Waals surface area (Å²) >= 11 is 1.60. The average molecular weight is 449 g/mol. The molecule has 2 aliphatic rings. The lowest BCUT2D eigenvalue weighted by Crippen LogP contribution is -2.19. The number of benzene rings is 2. The van der Waals surface area contributed by atoms with E-state index in [9.17, 15) is 9.59 Å². The van der Waals surface area contributed by atoms with Crippen molar-refractivity contribution in [3.8, 4) is 0 Å². The summed E-state index contributed by atoms with van der Waals surface area (Å²) in [6.07, 6.45) is 3.64. The van der Waals surface area contributed by atoms with E-state index in [2.05, 4.69) is 34.2 Å². The second kappa shape index (κ2) is 9.84. The van der Waals surface area contributed by atoms with Crippen LogP contribution in [0.5, 0.6) is 0 Å². The maximum absolute atomic E-state index is 12.5. The highest BCUT2D eigenvalue weighted by Gasteiger charge is 2.28. The molecular weight excluding hydrogens is 424 g/mol. The van der Waals surface area contributed by atoms with Crippen molar-refractivity contribution in [3.05, 3.63) is 71.4 Å². The Morgan fingerprint density at radius 2 is 1.94 bits per heavy atom. The van der Waals surface area contributed by atoms with Crippen molar-refractivity contribution in [1.29, 1.82) is 0 Å². The molecule has 8 heteroatoms. The summed E-state index contributed by atoms with van der Waals surface area (Å²) < 4.78 is 4.85. The topological polar surface area (TPSA) is 91.8 Å². The molecule has 0 atom stereocenters. The zero-order chi connectivity index (χ0) is 22.5. The Kier molecular flexibility index (Phi) is 6.72. The number of rotatable bonds is 7. The minimum atomic E-state index is -0.196. The Bertz CT molecular complexity index is 1140. The fraction of sp³-hybridized carbons (Fsp3) is 0.208. The van der Waals surface area contributed by atoms with Crippen LogP contribution in [0.1, 0.15) is 25.3 Å². The third kappa shape index (κ3) is 4.76. The van der Waals surface area contributed by atoms with Gasteiger partial charge in [-0.1, -0.05) is 43.3 Å². The minimum Gasteiger partial charge on any atom is -0.375 e. The van der Waals surface area contributed by atoms with Gasteiger partial charge in [-0.05, 0) is 42.8 Å². The number of allylic oxidation sites excluding steroid dienone is 1. The number of hydrogen-bond donors (Lipinski definition) is 3. The van der Waals surface area contributed by atoms with Gasteiger partial charge in [-0.2, -0.15) is 5.10 Å². The van der Waals surface area contributed by atoms with Gasteiger partial charge in [0, 0.05) is 33.8 Å². The highest BCUT2D eigenvalue weighted by Crippen LogP contribution is 2.42. The molecule has 2 aromatic carbocycles. The number of carbonyl (C=O) groups excluding carboxylic acids is 2. The third-order valence-corrected chi connectivity index (χ3v) is 6.01. The lowest BCUT2D eigenvalue weighted by atomic mass is 10.0. The summed E-state index contributed by atoms with van der Waals surface area (Å²) in [7, 11) is 1.49. The molecule has 0 bridgehead atoms. The maximum Gasteiger partial charge on any atom is 0.275 e. The molecule has 0 saturated carbocycles. The molecule has 0 saturated heterocycles. The fourth-order valence-corrected chi connectivity index (χ4v) is 4.52. The highest BCUT2D eigenvalue weighted by atomic mass is 32.2. The number of hydrogen-bond acceptors (Lipinski definition) is 6. The predicted octanol–water partition coefficient (Wildman–Crippen LogP) is 4.37. The van der Waals surface area contributed by atoms with Gasteiger partial charge in [-0.25, -0.2) is 5.43 Å². The number of carbonyl (C=O) groups is 2. The van der Waals surface area contributed by atoms with E-state index in [0.717, 1.165) is 45.3 Å². The Labute approximate surface area is 191 Å². The molecule has 0 aromatic heterocycles. The van der Waals surface area contributed by atoms with Gasteiger partial charge in [0.2, 0.25) is 5.91 Å². The summed E-state index contributed by atoms with van der Waals surface area (Å²) in [6, 6.07) is 15.6. The monoisotopic (exact) mass is 448 g/mol. The molecule has 0 unspecified atom stereocenters. The first kappa shape index (κ1) is 21.9. The maximum atomic E-state index is 12.5. The van der Waals surface area contributed by atoms with Gasteiger partial charge >= 0.3 is 0 Å². The molecular formula is C24H24N4O3S. The average Bonchev–Trinajstić information content (AvgIpc) is 3.15. The van der Waals surface area contributed by atoms with Crippen molar-refractivity contribution >= 4 is 45.6 Å². The number of nitrogens with zero attached hydrogens (tertiary/aromatic N) is 1. The summed E-state index contributed by atoms with van der Waals surface area (Å²) in [5.74, 6) is -0.384. The SMILES string of the molecule is CCCC1=NNC(=O)C1=C1C=C(Sc2ccc(NC(=O)COC)cc2)c2ccccc2N1. The first-order valence-electron chi connectivity index (χ1n) is 10.4. The summed E-state index contributed by atoms with van der Waals surface area (Å²) in [4.78, 5) is 26.2. The van der Waals surface area contributed by atoms with Gasteiger partial charge in [0.1, 0.15) is 6.61 Å². The fourth-order valence-electron chi connectivity index (χ4n) is 3.53. The Balaban J connectivity index is 1.64. The van der Waals surface area contributed by atoms with Crippen molar-refractivity contribution < 1.29 is 14.3 Å². The standard InChI is InChI=1S/C24H24N4O3S/c1-3-6-19-23(24(30)28-27-19)20-13-21(17-7-4-5-8-18(17)26-20)32-16-11-9-15(10-12-16)25-22(29)14-31-2/h4-5,7-13,26H,3,6,14H2,1-2H3,(H,25,29)(H,28,30). The van der Waals surface area contributed by atoms with E-state index in [1.165, 1.54) is 7.11 Å². The van der Waals surface area contributed by atoms with Gasteiger partial charge < -0.3 is 15.4 Å². The molecule has 164 valence electrons. The summed E-state index contributed by atoms with van der Waals surface area (Å²) in [6.45, 7) is 2.08. The van der Waals surface area contributed by atoms with Crippen LogP contribution in [0, 0.1) is 0 Å². The number of fused-ring (bicyclic) bond motifs is 1. The van der Waals surface area contributed by atoms with Crippen LogP contribution in [0.15, 0.2) is 75.9 Å². The zero-order valence-electron chi connectivity index (χ0n) is 17.9. The van der Waals surface area contributed by atoms with Crippen LogP contribution >= 0.6 is 11.8 Å². The number of nitrogens with one attached hydrogen (secondary N) is 3. The van der Waals surface area contributed by atoms with E-state index in [1.807, 2.05) is 48.5 Å². The lowest BCUT2D eigenvalue weighted by molar-refractivity contribution is -0.119. The van der Waals surface area contributed by atoms with Crippen LogP contribution in [0.4, 0.5) is 11.4 Å². The van der Waals surface area contributed by atoms with Gasteiger partial charge in [-0.3, -0.25) is 9.59 Å². The normalized spacial score (nSPS) is 17.1. The van der Waals surface area contributed by atoms with Crippen LogP contribution in [0.2, 0.25) is 0 Å². The molecule has 3 N–H and O–H groups in total. The molecule has 32 heavy (non-hydrogen) atoms. The largest absolute Gasteiger partial charge is 0.375 e. The molecule has 0 spiro atoms. The quantitative estimate of drug-likeness (QED) is 0.547. The molecule has 2 heterocycles. The van der Waals surface area contributed by atoms with Crippen molar-refractivity contribution in [1.82, 2.24) is 5.43 Å². The first-order valence-corrected chi connectivity index (χ1v) is 11.2. The highest BCUT2D eigenvalue weighted by molar-refractivity contribution is 8.08. The van der Waals surface area contributed by atoms with E-state index in [0.29, 0.717) is 11.3 Å². The second-order valence-electron chi connectivity index (χ2n) is 7.32. The van der Waals surface area contributed by atoms with E-state index in [4.69, 9.17) is 4.74 Å². The first-order chi connectivity index (χ1) is 15.6. The smallest absolute Gasteiger partial charge is 0.275 e. The Hall–Kier alpha value is -3.36. The van der Waals surface area contributed by atoms with Crippen LogP contribution in [0.3, 0.4) is 0 Å². The Morgan fingerprint density at radius 3 is 2.69 bits per heavy atom. The van der Waals surface area contributed by atoms with Crippen molar-refractivity contribution in [2.45, 2.75) is 24.7 Å². The molecule has 7 nitrogen and oxygen atoms in total. The number of amides is 2. The molecule has 2 aliphatic heterocycles. The minimum absolute atomic E-state index is 0.0154. The van der Waals surface area contributed by atoms with Gasteiger partial charge in [0.05, 0.1) is 17.0 Å². The Morgan fingerprint density at radius 1 is 1.16 bits per heavy atom.